The summed E-state index contributed by atoms with van der Waals surface area (Å²) in [7, 11) is 0. The number of benzene rings is 1. The molecular formula is C23H23N3O2. The fourth-order valence-electron chi connectivity index (χ4n) is 4.84. The summed E-state index contributed by atoms with van der Waals surface area (Å²) in [6.45, 7) is 0. The van der Waals surface area contributed by atoms with E-state index in [1.807, 2.05) is 47.4 Å². The van der Waals surface area contributed by atoms with Crippen LogP contribution < -0.4 is 0 Å². The van der Waals surface area contributed by atoms with Gasteiger partial charge >= 0.3 is 0 Å². The first kappa shape index (κ1) is 17.3. The molecule has 3 atom stereocenters. The van der Waals surface area contributed by atoms with Crippen molar-refractivity contribution < 1.29 is 9.90 Å². The van der Waals surface area contributed by atoms with Crippen LogP contribution in [0.3, 0.4) is 0 Å². The molecule has 0 spiro atoms. The number of hydrogen-bond acceptors (Lipinski definition) is 4. The second-order valence-corrected chi connectivity index (χ2v) is 7.89. The molecule has 0 aliphatic carbocycles. The maximum absolute atomic E-state index is 13.7. The Morgan fingerprint density at radius 1 is 1.07 bits per heavy atom. The highest BCUT2D eigenvalue weighted by Gasteiger charge is 2.41. The topological polar surface area (TPSA) is 66.3 Å². The summed E-state index contributed by atoms with van der Waals surface area (Å²) in [5.41, 5.74) is 3.17. The van der Waals surface area contributed by atoms with Crippen molar-refractivity contribution in [2.45, 2.75) is 50.3 Å². The predicted molar refractivity (Wildman–Crippen MR) is 108 cm³/mol. The van der Waals surface area contributed by atoms with Crippen molar-refractivity contribution in [3.8, 4) is 11.3 Å². The van der Waals surface area contributed by atoms with Gasteiger partial charge in [-0.3, -0.25) is 9.78 Å². The Kier molecular flexibility index (Phi) is 4.32. The standard InChI is InChI=1S/C23H23N3O2/c27-18-11-16-6-3-7-17(12-18)26(16)23(28)20-13-22(15-5-4-10-24-14-15)25-21-9-2-1-8-19(20)21/h1-2,4-5,8-10,13-14,16-18,27H,3,6-7,11-12H2/t16-,17+,18?. The smallest absolute Gasteiger partial charge is 0.255 e. The average molecular weight is 373 g/mol. The van der Waals surface area contributed by atoms with Gasteiger partial charge in [0.15, 0.2) is 0 Å². The van der Waals surface area contributed by atoms with E-state index in [0.717, 1.165) is 41.4 Å². The molecule has 1 N–H and O–H groups in total. The normalized spacial score (nSPS) is 24.3. The minimum atomic E-state index is -0.292. The van der Waals surface area contributed by atoms with Gasteiger partial charge in [-0.05, 0) is 56.4 Å². The van der Waals surface area contributed by atoms with E-state index < -0.39 is 0 Å². The Morgan fingerprint density at radius 3 is 2.61 bits per heavy atom. The lowest BCUT2D eigenvalue weighted by molar-refractivity contribution is -0.0149. The molecule has 2 saturated heterocycles. The fraction of sp³-hybridized carbons (Fsp3) is 0.348. The number of fused-ring (bicyclic) bond motifs is 3. The number of amides is 1. The van der Waals surface area contributed by atoms with E-state index in [1.54, 1.807) is 12.4 Å². The number of nitrogens with zero attached hydrogens (tertiary/aromatic N) is 3. The molecule has 28 heavy (non-hydrogen) atoms. The van der Waals surface area contributed by atoms with E-state index in [1.165, 1.54) is 0 Å². The van der Waals surface area contributed by atoms with E-state index in [4.69, 9.17) is 4.98 Å². The zero-order valence-electron chi connectivity index (χ0n) is 15.7. The Balaban J connectivity index is 1.62. The van der Waals surface area contributed by atoms with Gasteiger partial charge in [0.25, 0.3) is 5.91 Å². The lowest BCUT2D eigenvalue weighted by atomic mass is 9.82. The molecule has 5 heteroatoms. The van der Waals surface area contributed by atoms with Gasteiger partial charge in [-0.15, -0.1) is 0 Å². The van der Waals surface area contributed by atoms with Gasteiger partial charge in [0.1, 0.15) is 0 Å². The summed E-state index contributed by atoms with van der Waals surface area (Å²) in [6.07, 6.45) is 7.65. The number of aliphatic hydroxyl groups excluding tert-OH is 1. The minimum Gasteiger partial charge on any atom is -0.393 e. The van der Waals surface area contributed by atoms with Gasteiger partial charge in [0.2, 0.25) is 0 Å². The van der Waals surface area contributed by atoms with Crippen LogP contribution >= 0.6 is 0 Å². The molecule has 5 nitrogen and oxygen atoms in total. The minimum absolute atomic E-state index is 0.0605. The van der Waals surface area contributed by atoms with Crippen LogP contribution in [0, 0.1) is 0 Å². The predicted octanol–water partition coefficient (Wildman–Crippen LogP) is 3.81. The Labute approximate surface area is 164 Å². The van der Waals surface area contributed by atoms with Crippen molar-refractivity contribution in [1.29, 1.82) is 0 Å². The molecule has 0 saturated carbocycles. The van der Waals surface area contributed by atoms with Crippen molar-refractivity contribution in [3.63, 3.8) is 0 Å². The summed E-state index contributed by atoms with van der Waals surface area (Å²) in [5.74, 6) is 0.0605. The number of hydrogen-bond donors (Lipinski definition) is 1. The van der Waals surface area contributed by atoms with E-state index in [0.29, 0.717) is 18.4 Å². The maximum Gasteiger partial charge on any atom is 0.255 e. The number of aromatic nitrogens is 2. The molecule has 1 aromatic carbocycles. The Hall–Kier alpha value is -2.79. The van der Waals surface area contributed by atoms with Crippen molar-refractivity contribution >= 4 is 16.8 Å². The van der Waals surface area contributed by atoms with Crippen molar-refractivity contribution in [3.05, 3.63) is 60.4 Å². The van der Waals surface area contributed by atoms with Crippen molar-refractivity contribution in [2.24, 2.45) is 0 Å². The fourth-order valence-corrected chi connectivity index (χ4v) is 4.84. The second-order valence-electron chi connectivity index (χ2n) is 7.89. The molecule has 0 radical (unpaired) electrons. The second kappa shape index (κ2) is 6.99. The number of carbonyl (C=O) groups excluding carboxylic acids is 1. The Morgan fingerprint density at radius 2 is 1.86 bits per heavy atom. The maximum atomic E-state index is 13.7. The van der Waals surface area contributed by atoms with E-state index in [9.17, 15) is 9.90 Å². The van der Waals surface area contributed by atoms with E-state index >= 15 is 0 Å². The quantitative estimate of drug-likeness (QED) is 0.742. The zero-order chi connectivity index (χ0) is 19.1. The van der Waals surface area contributed by atoms with Gasteiger partial charge in [0, 0.05) is 35.4 Å². The number of pyridine rings is 2. The zero-order valence-corrected chi connectivity index (χ0v) is 15.7. The molecule has 4 heterocycles. The summed E-state index contributed by atoms with van der Waals surface area (Å²) < 4.78 is 0. The van der Waals surface area contributed by atoms with Crippen LogP contribution in [0.4, 0.5) is 0 Å². The molecule has 1 unspecified atom stereocenters. The first-order valence-electron chi connectivity index (χ1n) is 10.0. The SMILES string of the molecule is O=C(c1cc(-c2cccnc2)nc2ccccc12)N1[C@@H]2CCC[C@H]1CC(O)C2. The number of piperidine rings is 2. The van der Waals surface area contributed by atoms with Crippen molar-refractivity contribution in [1.82, 2.24) is 14.9 Å². The Bertz CT molecular complexity index is 1010. The lowest BCUT2D eigenvalue weighted by Gasteiger charge is -2.47. The number of rotatable bonds is 2. The summed E-state index contributed by atoms with van der Waals surface area (Å²) in [6, 6.07) is 13.8. The largest absolute Gasteiger partial charge is 0.393 e. The molecule has 2 aliphatic rings. The summed E-state index contributed by atoms with van der Waals surface area (Å²) in [5, 5.41) is 11.1. The van der Waals surface area contributed by atoms with Gasteiger partial charge in [-0.1, -0.05) is 18.2 Å². The van der Waals surface area contributed by atoms with Gasteiger partial charge in [-0.2, -0.15) is 0 Å². The number of aliphatic hydroxyl groups is 1. The van der Waals surface area contributed by atoms with Crippen LogP contribution in [0.5, 0.6) is 0 Å². The van der Waals surface area contributed by atoms with Gasteiger partial charge < -0.3 is 10.0 Å². The molecule has 3 aromatic rings. The van der Waals surface area contributed by atoms with Crippen LogP contribution in [0.1, 0.15) is 42.5 Å². The molecular weight excluding hydrogens is 350 g/mol. The molecule has 2 bridgehead atoms. The van der Waals surface area contributed by atoms with Crippen molar-refractivity contribution in [2.75, 3.05) is 0 Å². The van der Waals surface area contributed by atoms with Crippen LogP contribution in [0.25, 0.3) is 22.2 Å². The first-order chi connectivity index (χ1) is 13.7. The molecule has 2 aliphatic heterocycles. The molecule has 2 aromatic heterocycles. The third-order valence-electron chi connectivity index (χ3n) is 6.09. The highest BCUT2D eigenvalue weighted by Crippen LogP contribution is 2.36. The average Bonchev–Trinajstić information content (AvgIpc) is 2.72. The summed E-state index contributed by atoms with van der Waals surface area (Å²) in [4.78, 5) is 24.7. The van der Waals surface area contributed by atoms with Crippen LogP contribution in [0.2, 0.25) is 0 Å². The monoisotopic (exact) mass is 373 g/mol. The molecule has 2 fully saturated rings. The van der Waals surface area contributed by atoms with Crippen LogP contribution in [-0.4, -0.2) is 44.1 Å². The number of carbonyl (C=O) groups is 1. The highest BCUT2D eigenvalue weighted by molar-refractivity contribution is 6.07. The van der Waals surface area contributed by atoms with E-state index in [-0.39, 0.29) is 24.1 Å². The van der Waals surface area contributed by atoms with Crippen LogP contribution in [0.15, 0.2) is 54.9 Å². The first-order valence-corrected chi connectivity index (χ1v) is 10.0. The third-order valence-corrected chi connectivity index (χ3v) is 6.09. The van der Waals surface area contributed by atoms with E-state index in [2.05, 4.69) is 4.98 Å². The van der Waals surface area contributed by atoms with Gasteiger partial charge in [0.05, 0.1) is 22.9 Å². The third kappa shape index (κ3) is 2.96. The van der Waals surface area contributed by atoms with Crippen LogP contribution in [-0.2, 0) is 0 Å². The summed E-state index contributed by atoms with van der Waals surface area (Å²) >= 11 is 0. The van der Waals surface area contributed by atoms with Gasteiger partial charge in [-0.25, -0.2) is 4.98 Å². The molecule has 5 rings (SSSR count). The number of para-hydroxylation sites is 1. The lowest BCUT2D eigenvalue weighted by Crippen LogP contribution is -2.55. The highest BCUT2D eigenvalue weighted by atomic mass is 16.3. The molecule has 1 amide bonds. The molecule has 142 valence electrons.